The van der Waals surface area contributed by atoms with Crippen molar-refractivity contribution < 1.29 is 14.3 Å². The van der Waals surface area contributed by atoms with E-state index in [1.165, 1.54) is 24.4 Å². The molecule has 0 aliphatic carbocycles. The quantitative estimate of drug-likeness (QED) is 0.925. The molecule has 6 heteroatoms. The maximum absolute atomic E-state index is 13.5. The molecule has 2 aromatic rings. The van der Waals surface area contributed by atoms with Crippen molar-refractivity contribution in [3.8, 4) is 11.4 Å². The molecule has 0 amide bonds. The van der Waals surface area contributed by atoms with Crippen molar-refractivity contribution in [3.63, 3.8) is 0 Å². The van der Waals surface area contributed by atoms with Gasteiger partial charge in [0.05, 0.1) is 5.56 Å². The van der Waals surface area contributed by atoms with Gasteiger partial charge in [-0.05, 0) is 24.3 Å². The van der Waals surface area contributed by atoms with Crippen molar-refractivity contribution in [2.45, 2.75) is 0 Å². The van der Waals surface area contributed by atoms with Crippen LogP contribution in [0.2, 0.25) is 0 Å². The third kappa shape index (κ3) is 2.47. The second-order valence-electron chi connectivity index (χ2n) is 3.19. The van der Waals surface area contributed by atoms with Gasteiger partial charge in [0.15, 0.2) is 11.5 Å². The van der Waals surface area contributed by atoms with Crippen LogP contribution in [0.4, 0.5) is 4.39 Å². The summed E-state index contributed by atoms with van der Waals surface area (Å²) in [6.45, 7) is 0. The predicted molar refractivity (Wildman–Crippen MR) is 62.1 cm³/mol. The molecule has 4 nitrogen and oxygen atoms in total. The van der Waals surface area contributed by atoms with E-state index < -0.39 is 11.8 Å². The fourth-order valence-corrected chi connectivity index (χ4v) is 1.64. The molecule has 17 heavy (non-hydrogen) atoms. The third-order valence-electron chi connectivity index (χ3n) is 2.04. The van der Waals surface area contributed by atoms with Crippen LogP contribution in [-0.2, 0) is 0 Å². The number of benzene rings is 1. The monoisotopic (exact) mass is 296 g/mol. The van der Waals surface area contributed by atoms with Crippen LogP contribution in [0.5, 0.6) is 0 Å². The first-order valence-electron chi connectivity index (χ1n) is 4.59. The Bertz CT molecular complexity index is 589. The summed E-state index contributed by atoms with van der Waals surface area (Å²) in [6.07, 6.45) is 1.28. The summed E-state index contributed by atoms with van der Waals surface area (Å²) in [5.41, 5.74) is -0.0168. The van der Waals surface area contributed by atoms with E-state index in [9.17, 15) is 9.18 Å². The van der Waals surface area contributed by atoms with Gasteiger partial charge in [-0.2, -0.15) is 0 Å². The van der Waals surface area contributed by atoms with Gasteiger partial charge in [0, 0.05) is 10.7 Å². The number of aromatic nitrogens is 2. The maximum atomic E-state index is 13.5. The van der Waals surface area contributed by atoms with Crippen LogP contribution in [0.1, 0.15) is 10.5 Å². The van der Waals surface area contributed by atoms with Gasteiger partial charge in [-0.1, -0.05) is 15.9 Å². The fourth-order valence-electron chi connectivity index (χ4n) is 1.28. The van der Waals surface area contributed by atoms with E-state index in [2.05, 4.69) is 25.9 Å². The largest absolute Gasteiger partial charge is 0.477 e. The molecule has 86 valence electrons. The van der Waals surface area contributed by atoms with E-state index in [1.54, 1.807) is 6.07 Å². The summed E-state index contributed by atoms with van der Waals surface area (Å²) in [5.74, 6) is -1.64. The van der Waals surface area contributed by atoms with Gasteiger partial charge in [0.2, 0.25) is 0 Å². The minimum Gasteiger partial charge on any atom is -0.477 e. The van der Waals surface area contributed by atoms with Gasteiger partial charge >= 0.3 is 5.97 Å². The Hall–Kier alpha value is -1.82. The van der Waals surface area contributed by atoms with Crippen LogP contribution in [0.25, 0.3) is 11.4 Å². The number of carboxylic acid groups (broad SMARTS) is 1. The average Bonchev–Trinajstić information content (AvgIpc) is 2.32. The van der Waals surface area contributed by atoms with Gasteiger partial charge in [0.1, 0.15) is 5.82 Å². The topological polar surface area (TPSA) is 63.1 Å². The number of hydrogen-bond acceptors (Lipinski definition) is 3. The van der Waals surface area contributed by atoms with E-state index in [4.69, 9.17) is 5.11 Å². The molecule has 0 atom stereocenters. The molecule has 1 aromatic heterocycles. The normalized spacial score (nSPS) is 10.2. The zero-order valence-corrected chi connectivity index (χ0v) is 9.98. The molecular formula is C11H6BrFN2O2. The number of aromatic carboxylic acids is 1. The van der Waals surface area contributed by atoms with Crippen LogP contribution < -0.4 is 0 Å². The zero-order chi connectivity index (χ0) is 12.4. The van der Waals surface area contributed by atoms with Crippen molar-refractivity contribution >= 4 is 21.9 Å². The zero-order valence-electron chi connectivity index (χ0n) is 8.39. The Morgan fingerprint density at radius 1 is 1.35 bits per heavy atom. The summed E-state index contributed by atoms with van der Waals surface area (Å²) in [5, 5.41) is 8.79. The molecule has 2 rings (SSSR count). The average molecular weight is 297 g/mol. The molecule has 0 bridgehead atoms. The highest BCUT2D eigenvalue weighted by Crippen LogP contribution is 2.23. The van der Waals surface area contributed by atoms with Gasteiger partial charge in [-0.25, -0.2) is 19.2 Å². The van der Waals surface area contributed by atoms with Crippen LogP contribution in [-0.4, -0.2) is 21.0 Å². The van der Waals surface area contributed by atoms with Gasteiger partial charge in [-0.15, -0.1) is 0 Å². The number of nitrogens with zero attached hydrogens (tertiary/aromatic N) is 2. The number of carbonyl (C=O) groups is 1. The molecule has 0 radical (unpaired) electrons. The highest BCUT2D eigenvalue weighted by molar-refractivity contribution is 9.10. The Morgan fingerprint density at radius 3 is 2.82 bits per heavy atom. The lowest BCUT2D eigenvalue weighted by Gasteiger charge is -2.03. The lowest BCUT2D eigenvalue weighted by atomic mass is 10.2. The van der Waals surface area contributed by atoms with Crippen molar-refractivity contribution in [3.05, 3.63) is 46.4 Å². The lowest BCUT2D eigenvalue weighted by molar-refractivity contribution is 0.0690. The maximum Gasteiger partial charge on any atom is 0.354 e. The Kier molecular flexibility index (Phi) is 3.14. The molecular weight excluding hydrogens is 291 g/mol. The van der Waals surface area contributed by atoms with Gasteiger partial charge in [0.25, 0.3) is 0 Å². The predicted octanol–water partition coefficient (Wildman–Crippen LogP) is 2.74. The summed E-state index contributed by atoms with van der Waals surface area (Å²) in [6, 6.07) is 5.55. The van der Waals surface area contributed by atoms with Crippen molar-refractivity contribution in [2.24, 2.45) is 0 Å². The van der Waals surface area contributed by atoms with Crippen LogP contribution in [0, 0.1) is 5.82 Å². The molecule has 1 N–H and O–H groups in total. The minimum absolute atomic E-state index is 0.0451. The smallest absolute Gasteiger partial charge is 0.354 e. The number of rotatable bonds is 2. The molecule has 0 aliphatic rings. The van der Waals surface area contributed by atoms with Crippen molar-refractivity contribution in [1.29, 1.82) is 0 Å². The molecule has 0 fully saturated rings. The van der Waals surface area contributed by atoms with Crippen LogP contribution in [0.15, 0.2) is 34.9 Å². The Morgan fingerprint density at radius 2 is 2.12 bits per heavy atom. The van der Waals surface area contributed by atoms with E-state index in [-0.39, 0.29) is 17.1 Å². The Balaban J connectivity index is 2.56. The highest BCUT2D eigenvalue weighted by atomic mass is 79.9. The van der Waals surface area contributed by atoms with E-state index >= 15 is 0 Å². The van der Waals surface area contributed by atoms with Crippen molar-refractivity contribution in [2.75, 3.05) is 0 Å². The van der Waals surface area contributed by atoms with E-state index in [0.29, 0.717) is 4.47 Å². The first kappa shape index (κ1) is 11.7. The SMILES string of the molecule is O=C(O)c1ccnc(-c2cc(Br)ccc2F)n1. The Labute approximate surface area is 104 Å². The first-order chi connectivity index (χ1) is 8.08. The van der Waals surface area contributed by atoms with E-state index in [0.717, 1.165) is 0 Å². The summed E-state index contributed by atoms with van der Waals surface area (Å²) < 4.78 is 14.2. The minimum atomic E-state index is -1.18. The molecule has 0 saturated heterocycles. The summed E-state index contributed by atoms with van der Waals surface area (Å²) in [4.78, 5) is 18.4. The summed E-state index contributed by atoms with van der Waals surface area (Å²) >= 11 is 3.20. The first-order valence-corrected chi connectivity index (χ1v) is 5.39. The second kappa shape index (κ2) is 4.58. The standard InChI is InChI=1S/C11H6BrFN2O2/c12-6-1-2-8(13)7(5-6)10-14-4-3-9(15-10)11(16)17/h1-5H,(H,16,17). The fraction of sp³-hybridized carbons (Fsp3) is 0. The number of halogens is 2. The van der Waals surface area contributed by atoms with E-state index in [1.807, 2.05) is 0 Å². The van der Waals surface area contributed by atoms with Crippen molar-refractivity contribution in [1.82, 2.24) is 9.97 Å². The third-order valence-corrected chi connectivity index (χ3v) is 2.54. The molecule has 0 unspecified atom stereocenters. The molecule has 0 aliphatic heterocycles. The van der Waals surface area contributed by atoms with Crippen LogP contribution >= 0.6 is 15.9 Å². The van der Waals surface area contributed by atoms with Gasteiger partial charge in [-0.3, -0.25) is 0 Å². The molecule has 1 aromatic carbocycles. The lowest BCUT2D eigenvalue weighted by Crippen LogP contribution is -2.02. The van der Waals surface area contributed by atoms with Gasteiger partial charge < -0.3 is 5.11 Å². The molecule has 1 heterocycles. The number of hydrogen-bond donors (Lipinski definition) is 1. The summed E-state index contributed by atoms with van der Waals surface area (Å²) in [7, 11) is 0. The van der Waals surface area contributed by atoms with Crippen LogP contribution in [0.3, 0.4) is 0 Å². The molecule has 0 saturated carbocycles. The molecule has 0 spiro atoms. The highest BCUT2D eigenvalue weighted by Gasteiger charge is 2.11. The number of carboxylic acids is 1. The second-order valence-corrected chi connectivity index (χ2v) is 4.11.